The molecule has 6 heteroatoms. The van der Waals surface area contributed by atoms with Crippen LogP contribution in [0.4, 0.5) is 0 Å². The molecule has 0 aromatic rings. The summed E-state index contributed by atoms with van der Waals surface area (Å²) in [6.45, 7) is 5.03. The number of hydrogen-bond donors (Lipinski definition) is 4. The predicted molar refractivity (Wildman–Crippen MR) is 68.8 cm³/mol. The van der Waals surface area contributed by atoms with Crippen molar-refractivity contribution in [3.05, 3.63) is 0 Å². The van der Waals surface area contributed by atoms with Crippen molar-refractivity contribution >= 4 is 34.8 Å². The first-order valence-corrected chi connectivity index (χ1v) is 4.63. The molecule has 5 N–H and O–H groups in total. The van der Waals surface area contributed by atoms with Crippen LogP contribution in [-0.2, 0) is 0 Å². The third-order valence-electron chi connectivity index (χ3n) is 0.998. The van der Waals surface area contributed by atoms with Crippen LogP contribution in [0.15, 0.2) is 0 Å². The van der Waals surface area contributed by atoms with E-state index in [2.05, 4.69) is 49.3 Å². The fraction of sp³-hybridized carbons (Fsp3) is 0.750. The minimum absolute atomic E-state index is 0. The molecule has 4 nitrogen and oxygen atoms in total. The molecule has 0 aliphatic carbocycles. The Kier molecular flexibility index (Phi) is 16.8. The Balaban J connectivity index is -0.000000209. The molecule has 0 aromatic carbocycles. The maximum Gasteiger partial charge on any atom is 0.254 e. The zero-order valence-electron chi connectivity index (χ0n) is 7.78. The second kappa shape index (κ2) is 12.4. The highest BCUT2D eigenvalue weighted by atomic mass is 32.1. The quantitative estimate of drug-likeness (QED) is 0.564. The number of aliphatic hydroxyl groups is 2. The van der Waals surface area contributed by atoms with E-state index in [1.54, 1.807) is 0 Å². The van der Waals surface area contributed by atoms with Crippen molar-refractivity contribution in [2.75, 3.05) is 6.54 Å². The number of rotatable bonds is 3. The monoisotopic (exact) mass is 240 g/mol. The summed E-state index contributed by atoms with van der Waals surface area (Å²) < 4.78 is 0. The number of nitrogens with one attached hydrogen (secondary N) is 1. The largest absolute Gasteiger partial charge is 0.487 e. The molecule has 0 saturated heterocycles. The molecule has 0 fully saturated rings. The minimum Gasteiger partial charge on any atom is -0.487 e. The molecule has 0 heterocycles. The topological polar surface area (TPSA) is 78.5 Å². The number of nitrogens with two attached hydrogens (primary N) is 1. The predicted octanol–water partition coefficient (Wildman–Crippen LogP) is 1.89. The Labute approximate surface area is 96.5 Å². The van der Waals surface area contributed by atoms with Gasteiger partial charge >= 0.3 is 0 Å². The Morgan fingerprint density at radius 2 is 1.71 bits per heavy atom. The minimum atomic E-state index is -0.500. The smallest absolute Gasteiger partial charge is 0.254 e. The van der Waals surface area contributed by atoms with Gasteiger partial charge in [0.05, 0.1) is 0 Å². The Morgan fingerprint density at radius 1 is 1.36 bits per heavy atom. The summed E-state index contributed by atoms with van der Waals surface area (Å²) in [4.78, 5) is 0. The van der Waals surface area contributed by atoms with Crippen molar-refractivity contribution in [2.24, 2.45) is 11.7 Å². The lowest BCUT2D eigenvalue weighted by Gasteiger charge is -2.03. The molecule has 0 spiro atoms. The zero-order chi connectivity index (χ0) is 10.9. The summed E-state index contributed by atoms with van der Waals surface area (Å²) in [7, 11) is 0. The summed E-state index contributed by atoms with van der Waals surface area (Å²) in [5.74, 6) is 0.659. The van der Waals surface area contributed by atoms with E-state index >= 15 is 0 Å². The van der Waals surface area contributed by atoms with Gasteiger partial charge in [-0.1, -0.05) is 21.3 Å². The molecule has 0 aliphatic heterocycles. The van der Waals surface area contributed by atoms with Gasteiger partial charge < -0.3 is 21.3 Å². The fourth-order valence-electron chi connectivity index (χ4n) is 0.468. The van der Waals surface area contributed by atoms with Gasteiger partial charge in [-0.25, -0.2) is 0 Å². The van der Waals surface area contributed by atoms with E-state index in [0.29, 0.717) is 5.92 Å². The average molecular weight is 240 g/mol. The first-order chi connectivity index (χ1) is 5.86. The van der Waals surface area contributed by atoms with Gasteiger partial charge in [0.15, 0.2) is 0 Å². The van der Waals surface area contributed by atoms with Gasteiger partial charge in [0.25, 0.3) is 10.3 Å². The first-order valence-electron chi connectivity index (χ1n) is 3.81. The average Bonchev–Trinajstić information content (AvgIpc) is 1.83. The van der Waals surface area contributed by atoms with Crippen molar-refractivity contribution in [1.29, 1.82) is 0 Å². The van der Waals surface area contributed by atoms with Gasteiger partial charge in [-0.15, -0.1) is 0 Å². The molecule has 0 amide bonds. The fourth-order valence-corrected chi connectivity index (χ4v) is 0.570. The van der Waals surface area contributed by atoms with Gasteiger partial charge in [-0.2, -0.15) is 0 Å². The SMILES string of the molecule is C.CC(C)CCNC(O)=S.NC(O)=S. The molecule has 86 valence electrons. The number of hydrogen-bond acceptors (Lipinski definition) is 2. The van der Waals surface area contributed by atoms with E-state index in [1.165, 1.54) is 0 Å². The molecule has 0 bridgehead atoms. The van der Waals surface area contributed by atoms with Crippen LogP contribution >= 0.6 is 24.4 Å². The lowest BCUT2D eigenvalue weighted by atomic mass is 10.1. The lowest BCUT2D eigenvalue weighted by Crippen LogP contribution is -2.22. The summed E-state index contributed by atoms with van der Waals surface area (Å²) in [5, 5.41) is 18.1. The molecular weight excluding hydrogens is 220 g/mol. The molecule has 0 saturated carbocycles. The van der Waals surface area contributed by atoms with Gasteiger partial charge in [-0.05, 0) is 36.8 Å². The highest BCUT2D eigenvalue weighted by Gasteiger charge is 1.92. The molecule has 0 unspecified atom stereocenters. The van der Waals surface area contributed by atoms with Crippen LogP contribution in [0, 0.1) is 5.92 Å². The van der Waals surface area contributed by atoms with Crippen molar-refractivity contribution in [1.82, 2.24) is 5.32 Å². The van der Waals surface area contributed by atoms with E-state index in [0.717, 1.165) is 13.0 Å². The van der Waals surface area contributed by atoms with E-state index in [4.69, 9.17) is 10.2 Å². The molecule has 14 heavy (non-hydrogen) atoms. The summed E-state index contributed by atoms with van der Waals surface area (Å²) in [5.41, 5.74) is 4.40. The van der Waals surface area contributed by atoms with Crippen molar-refractivity contribution in [3.8, 4) is 0 Å². The highest BCUT2D eigenvalue weighted by molar-refractivity contribution is 7.80. The second-order valence-electron chi connectivity index (χ2n) is 2.75. The van der Waals surface area contributed by atoms with Crippen LogP contribution in [0.2, 0.25) is 0 Å². The molecular formula is C8H20N2O2S2. The van der Waals surface area contributed by atoms with E-state index in [-0.39, 0.29) is 12.6 Å². The lowest BCUT2D eigenvalue weighted by molar-refractivity contribution is 0.509. The second-order valence-corrected chi connectivity index (χ2v) is 3.56. The maximum atomic E-state index is 8.49. The highest BCUT2D eigenvalue weighted by Crippen LogP contribution is 1.95. The van der Waals surface area contributed by atoms with Crippen LogP contribution in [0.3, 0.4) is 0 Å². The summed E-state index contributed by atoms with van der Waals surface area (Å²) >= 11 is 8.26. The third-order valence-corrected chi connectivity index (χ3v) is 1.14. The summed E-state index contributed by atoms with van der Waals surface area (Å²) in [6.07, 6.45) is 1.04. The molecule has 0 aliphatic rings. The van der Waals surface area contributed by atoms with Crippen LogP contribution < -0.4 is 11.1 Å². The van der Waals surface area contributed by atoms with Crippen LogP contribution in [0.1, 0.15) is 27.7 Å². The first kappa shape index (κ1) is 19.0. The Bertz CT molecular complexity index is 159. The third kappa shape index (κ3) is 42.4. The maximum absolute atomic E-state index is 8.49. The Morgan fingerprint density at radius 3 is 1.93 bits per heavy atom. The zero-order valence-corrected chi connectivity index (χ0v) is 9.41. The molecule has 0 atom stereocenters. The number of thiocarbonyl (C=S) groups is 2. The van der Waals surface area contributed by atoms with Gasteiger partial charge in [0.1, 0.15) is 0 Å². The van der Waals surface area contributed by atoms with Crippen molar-refractivity contribution < 1.29 is 10.2 Å². The molecule has 0 aromatic heterocycles. The van der Waals surface area contributed by atoms with Crippen LogP contribution in [0.5, 0.6) is 0 Å². The van der Waals surface area contributed by atoms with Crippen molar-refractivity contribution in [3.63, 3.8) is 0 Å². The van der Waals surface area contributed by atoms with Gasteiger partial charge in [0.2, 0.25) is 0 Å². The number of aliphatic hydroxyl groups excluding tert-OH is 2. The van der Waals surface area contributed by atoms with Crippen LogP contribution in [0.25, 0.3) is 0 Å². The van der Waals surface area contributed by atoms with Crippen LogP contribution in [-0.4, -0.2) is 27.1 Å². The van der Waals surface area contributed by atoms with Gasteiger partial charge in [-0.3, -0.25) is 0 Å². The molecule has 0 radical (unpaired) electrons. The summed E-state index contributed by atoms with van der Waals surface area (Å²) in [6, 6.07) is 0. The van der Waals surface area contributed by atoms with Crippen molar-refractivity contribution in [2.45, 2.75) is 27.7 Å². The normalized spacial score (nSPS) is 7.93. The Hall–Kier alpha value is -0.620. The van der Waals surface area contributed by atoms with Gasteiger partial charge in [0, 0.05) is 6.54 Å². The van der Waals surface area contributed by atoms with E-state index < -0.39 is 5.17 Å². The molecule has 0 rings (SSSR count). The van der Waals surface area contributed by atoms with E-state index in [9.17, 15) is 0 Å². The standard InChI is InChI=1S/C6H13NOS.CH3NOS.CH4/c1-5(2)3-4-7-6(8)9;2-1(3)4;/h5H,3-4H2,1-2H3,(H2,7,8,9);(H3,2,3,4);1H4. The van der Waals surface area contributed by atoms with E-state index in [1.807, 2.05) is 0 Å².